The Morgan fingerprint density at radius 2 is 1.95 bits per heavy atom. The van der Waals surface area contributed by atoms with E-state index in [4.69, 9.17) is 0 Å². The highest BCUT2D eigenvalue weighted by molar-refractivity contribution is 6.38. The summed E-state index contributed by atoms with van der Waals surface area (Å²) in [5, 5.41) is 4.45. The van der Waals surface area contributed by atoms with Crippen LogP contribution in [-0.4, -0.2) is 36.6 Å². The Morgan fingerprint density at radius 1 is 1.32 bits per heavy atom. The molecule has 0 unspecified atom stereocenters. The number of hydrogen-bond acceptors (Lipinski definition) is 3. The molecule has 2 rings (SSSR count). The van der Waals surface area contributed by atoms with Gasteiger partial charge in [-0.15, -0.1) is 0 Å². The van der Waals surface area contributed by atoms with E-state index in [-0.39, 0.29) is 12.5 Å². The molecule has 0 saturated carbocycles. The molecular formula is C15H16F2N2O3. The maximum Gasteiger partial charge on any atom is 0.287 e. The zero-order chi connectivity index (χ0) is 16.3. The van der Waals surface area contributed by atoms with Gasteiger partial charge in [0.05, 0.1) is 18.4 Å². The summed E-state index contributed by atoms with van der Waals surface area (Å²) in [5.41, 5.74) is 0.615. The number of halogens is 2. The number of Topliss-reactive ketones (excluding diaryl/α,β-unsaturated/α-hetero) is 1. The van der Waals surface area contributed by atoms with E-state index in [1.165, 1.54) is 0 Å². The van der Waals surface area contributed by atoms with Gasteiger partial charge in [0.1, 0.15) is 0 Å². The lowest BCUT2D eigenvalue weighted by molar-refractivity contribution is -0.141. The summed E-state index contributed by atoms with van der Waals surface area (Å²) in [5.74, 6) is -7.07. The van der Waals surface area contributed by atoms with Crippen molar-refractivity contribution in [2.24, 2.45) is 5.92 Å². The van der Waals surface area contributed by atoms with Gasteiger partial charge in [-0.1, -0.05) is 30.3 Å². The third-order valence-electron chi connectivity index (χ3n) is 3.46. The molecular weight excluding hydrogens is 294 g/mol. The summed E-state index contributed by atoms with van der Waals surface area (Å²) in [4.78, 5) is 35.8. The fourth-order valence-corrected chi connectivity index (χ4v) is 2.40. The molecule has 0 spiro atoms. The van der Waals surface area contributed by atoms with Gasteiger partial charge in [-0.2, -0.15) is 0 Å². The number of ketones is 1. The SMILES string of the molecule is CC(F)(F)CNC(=O)C(=O)[C@@H]1CNC(=O)[C@H]1c1ccccc1. The van der Waals surface area contributed by atoms with Crippen LogP contribution in [0.4, 0.5) is 8.78 Å². The van der Waals surface area contributed by atoms with Crippen molar-refractivity contribution >= 4 is 17.6 Å². The average molecular weight is 310 g/mol. The van der Waals surface area contributed by atoms with Crippen molar-refractivity contribution in [3.63, 3.8) is 0 Å². The normalized spacial score (nSPS) is 21.3. The van der Waals surface area contributed by atoms with E-state index in [1.54, 1.807) is 30.3 Å². The minimum Gasteiger partial charge on any atom is -0.355 e. The van der Waals surface area contributed by atoms with Gasteiger partial charge in [-0.05, 0) is 5.56 Å². The second kappa shape index (κ2) is 6.21. The van der Waals surface area contributed by atoms with Gasteiger partial charge in [-0.3, -0.25) is 14.4 Å². The second-order valence-electron chi connectivity index (χ2n) is 5.36. The van der Waals surface area contributed by atoms with E-state index < -0.39 is 36.0 Å². The predicted octanol–water partition coefficient (Wildman–Crippen LogP) is 0.857. The number of carbonyl (C=O) groups is 3. The van der Waals surface area contributed by atoms with Crippen LogP contribution in [0.3, 0.4) is 0 Å². The van der Waals surface area contributed by atoms with Gasteiger partial charge in [0, 0.05) is 13.5 Å². The molecule has 2 amide bonds. The highest BCUT2D eigenvalue weighted by atomic mass is 19.3. The summed E-state index contributed by atoms with van der Waals surface area (Å²) in [7, 11) is 0. The number of alkyl halides is 2. The maximum atomic E-state index is 12.7. The zero-order valence-electron chi connectivity index (χ0n) is 11.9. The fraction of sp³-hybridized carbons (Fsp3) is 0.400. The molecule has 22 heavy (non-hydrogen) atoms. The molecule has 5 nitrogen and oxygen atoms in total. The van der Waals surface area contributed by atoms with E-state index in [9.17, 15) is 23.2 Å². The van der Waals surface area contributed by atoms with Crippen molar-refractivity contribution in [3.05, 3.63) is 35.9 Å². The summed E-state index contributed by atoms with van der Waals surface area (Å²) in [6.07, 6.45) is 0. The van der Waals surface area contributed by atoms with Crippen molar-refractivity contribution < 1.29 is 23.2 Å². The number of rotatable bonds is 5. The number of hydrogen-bond donors (Lipinski definition) is 2. The molecule has 1 aliphatic heterocycles. The Labute approximate surface area is 126 Å². The van der Waals surface area contributed by atoms with Gasteiger partial charge in [-0.25, -0.2) is 8.78 Å². The highest BCUT2D eigenvalue weighted by Gasteiger charge is 2.42. The first-order valence-electron chi connectivity index (χ1n) is 6.82. The monoisotopic (exact) mass is 310 g/mol. The second-order valence-corrected chi connectivity index (χ2v) is 5.36. The Bertz CT molecular complexity index is 584. The van der Waals surface area contributed by atoms with Crippen LogP contribution in [-0.2, 0) is 14.4 Å². The minimum atomic E-state index is -3.10. The number of benzene rings is 1. The van der Waals surface area contributed by atoms with Gasteiger partial charge >= 0.3 is 0 Å². The average Bonchev–Trinajstić information content (AvgIpc) is 2.86. The molecule has 0 aliphatic carbocycles. The molecule has 0 aromatic heterocycles. The van der Waals surface area contributed by atoms with Crippen LogP contribution in [0.15, 0.2) is 30.3 Å². The Kier molecular flexibility index (Phi) is 4.54. The quantitative estimate of drug-likeness (QED) is 0.792. The van der Waals surface area contributed by atoms with Crippen LogP contribution in [0, 0.1) is 5.92 Å². The lowest BCUT2D eigenvalue weighted by atomic mass is 9.85. The molecule has 1 fully saturated rings. The molecule has 1 aromatic rings. The molecule has 118 valence electrons. The first-order valence-corrected chi connectivity index (χ1v) is 6.82. The van der Waals surface area contributed by atoms with E-state index in [2.05, 4.69) is 5.32 Å². The van der Waals surface area contributed by atoms with Crippen LogP contribution >= 0.6 is 0 Å². The number of amides is 2. The molecule has 1 heterocycles. The Morgan fingerprint density at radius 3 is 2.55 bits per heavy atom. The third-order valence-corrected chi connectivity index (χ3v) is 3.46. The third kappa shape index (κ3) is 3.66. The van der Waals surface area contributed by atoms with Crippen molar-refractivity contribution in [2.75, 3.05) is 13.1 Å². The molecule has 2 atom stereocenters. The first kappa shape index (κ1) is 16.1. The lowest BCUT2D eigenvalue weighted by Crippen LogP contribution is -2.42. The molecule has 0 radical (unpaired) electrons. The first-order chi connectivity index (χ1) is 10.3. The van der Waals surface area contributed by atoms with Gasteiger partial charge < -0.3 is 10.6 Å². The van der Waals surface area contributed by atoms with E-state index >= 15 is 0 Å². The van der Waals surface area contributed by atoms with E-state index in [0.29, 0.717) is 12.5 Å². The molecule has 7 heteroatoms. The van der Waals surface area contributed by atoms with Crippen molar-refractivity contribution in [2.45, 2.75) is 18.8 Å². The van der Waals surface area contributed by atoms with Gasteiger partial charge in [0.15, 0.2) is 0 Å². The topological polar surface area (TPSA) is 75.3 Å². The standard InChI is InChI=1S/C15H16F2N2O3/c1-15(16,17)8-19-14(22)12(20)10-7-18-13(21)11(10)9-5-3-2-4-6-9/h2-6,10-11H,7-8H2,1H3,(H,18,21)(H,19,22)/t10-,11+/m1/s1. The van der Waals surface area contributed by atoms with Crippen molar-refractivity contribution in [1.29, 1.82) is 0 Å². The molecule has 1 aromatic carbocycles. The number of carbonyl (C=O) groups excluding carboxylic acids is 3. The fourth-order valence-electron chi connectivity index (χ4n) is 2.40. The largest absolute Gasteiger partial charge is 0.355 e. The van der Waals surface area contributed by atoms with Crippen LogP contribution < -0.4 is 10.6 Å². The van der Waals surface area contributed by atoms with Gasteiger partial charge in [0.25, 0.3) is 11.8 Å². The van der Waals surface area contributed by atoms with Gasteiger partial charge in [0.2, 0.25) is 11.7 Å². The molecule has 1 aliphatic rings. The maximum absolute atomic E-state index is 12.7. The van der Waals surface area contributed by atoms with Crippen LogP contribution in [0.2, 0.25) is 0 Å². The molecule has 2 N–H and O–H groups in total. The minimum absolute atomic E-state index is 0.0210. The highest BCUT2D eigenvalue weighted by Crippen LogP contribution is 2.29. The van der Waals surface area contributed by atoms with Crippen molar-refractivity contribution in [3.8, 4) is 0 Å². The predicted molar refractivity (Wildman–Crippen MR) is 74.3 cm³/mol. The lowest BCUT2D eigenvalue weighted by Gasteiger charge is -2.16. The van der Waals surface area contributed by atoms with Crippen LogP contribution in [0.1, 0.15) is 18.4 Å². The molecule has 0 bridgehead atoms. The Balaban J connectivity index is 2.11. The zero-order valence-corrected chi connectivity index (χ0v) is 11.9. The molecule has 1 saturated heterocycles. The van der Waals surface area contributed by atoms with E-state index in [1.807, 2.05) is 5.32 Å². The van der Waals surface area contributed by atoms with Crippen molar-refractivity contribution in [1.82, 2.24) is 10.6 Å². The summed E-state index contributed by atoms with van der Waals surface area (Å²) in [6, 6.07) is 8.59. The van der Waals surface area contributed by atoms with Crippen LogP contribution in [0.25, 0.3) is 0 Å². The smallest absolute Gasteiger partial charge is 0.287 e. The van der Waals surface area contributed by atoms with E-state index in [0.717, 1.165) is 0 Å². The summed E-state index contributed by atoms with van der Waals surface area (Å²) < 4.78 is 25.5. The number of nitrogens with one attached hydrogen (secondary N) is 2. The Hall–Kier alpha value is -2.31. The van der Waals surface area contributed by atoms with Crippen LogP contribution in [0.5, 0.6) is 0 Å². The summed E-state index contributed by atoms with van der Waals surface area (Å²) >= 11 is 0. The summed E-state index contributed by atoms with van der Waals surface area (Å²) in [6.45, 7) is -0.250.